The molecule has 0 fully saturated rings. The summed E-state index contributed by atoms with van der Waals surface area (Å²) in [4.78, 5) is 15.8. The summed E-state index contributed by atoms with van der Waals surface area (Å²) in [5.41, 5.74) is 2.57. The molecule has 3 aromatic rings. The highest BCUT2D eigenvalue weighted by molar-refractivity contribution is 7.92. The molecule has 0 spiro atoms. The average Bonchev–Trinajstić information content (AvgIpc) is 3.03. The van der Waals surface area contributed by atoms with Gasteiger partial charge in [0.1, 0.15) is 5.52 Å². The maximum Gasteiger partial charge on any atom is 0.336 e. The molecule has 0 bridgehead atoms. The van der Waals surface area contributed by atoms with Crippen LogP contribution >= 0.6 is 0 Å². The average molecular weight is 402 g/mol. The first-order chi connectivity index (χ1) is 13.1. The number of rotatable bonds is 6. The molecule has 28 heavy (non-hydrogen) atoms. The molecule has 0 saturated carbocycles. The first-order valence-electron chi connectivity index (χ1n) is 8.92. The number of carboxylic acid groups (broad SMARTS) is 1. The van der Waals surface area contributed by atoms with Crippen molar-refractivity contribution < 1.29 is 22.7 Å². The molecule has 0 aliphatic heterocycles. The van der Waals surface area contributed by atoms with Crippen LogP contribution in [0.3, 0.4) is 0 Å². The molecule has 0 amide bonds. The molecule has 148 valence electrons. The zero-order valence-electron chi connectivity index (χ0n) is 16.1. The summed E-state index contributed by atoms with van der Waals surface area (Å²) in [6, 6.07) is 9.52. The lowest BCUT2D eigenvalue weighted by Crippen LogP contribution is -2.31. The first-order valence-corrected chi connectivity index (χ1v) is 10.4. The first kappa shape index (κ1) is 19.9. The number of sulfonamides is 1. The van der Waals surface area contributed by atoms with Crippen LogP contribution in [0.25, 0.3) is 11.1 Å². The fraction of sp³-hybridized carbons (Fsp3) is 0.300. The van der Waals surface area contributed by atoms with Crippen molar-refractivity contribution in [3.63, 3.8) is 0 Å². The predicted molar refractivity (Wildman–Crippen MR) is 106 cm³/mol. The summed E-state index contributed by atoms with van der Waals surface area (Å²) in [5.74, 6) is -1.22. The van der Waals surface area contributed by atoms with E-state index in [0.717, 1.165) is 9.87 Å². The maximum absolute atomic E-state index is 13.2. The number of anilines is 1. The van der Waals surface area contributed by atoms with Crippen LogP contribution in [-0.4, -0.2) is 31.0 Å². The Hall–Kier alpha value is -2.87. The lowest BCUT2D eigenvalue weighted by Gasteiger charge is -2.19. The number of benzene rings is 2. The Morgan fingerprint density at radius 2 is 1.93 bits per heavy atom. The zero-order valence-corrected chi connectivity index (χ0v) is 16.9. The Morgan fingerprint density at radius 1 is 1.21 bits per heavy atom. The molecule has 1 N–H and O–H groups in total. The van der Waals surface area contributed by atoms with Gasteiger partial charge in [0.05, 0.1) is 10.5 Å². The lowest BCUT2D eigenvalue weighted by atomic mass is 9.97. The van der Waals surface area contributed by atoms with Gasteiger partial charge in [-0.05, 0) is 55.2 Å². The van der Waals surface area contributed by atoms with Gasteiger partial charge in [0.25, 0.3) is 10.0 Å². The zero-order chi connectivity index (χ0) is 20.6. The van der Waals surface area contributed by atoms with Gasteiger partial charge in [-0.2, -0.15) is 4.98 Å². The van der Waals surface area contributed by atoms with Crippen LogP contribution < -0.4 is 4.31 Å². The second kappa shape index (κ2) is 7.27. The van der Waals surface area contributed by atoms with Crippen molar-refractivity contribution in [3.8, 4) is 0 Å². The van der Waals surface area contributed by atoms with E-state index in [0.29, 0.717) is 16.7 Å². The van der Waals surface area contributed by atoms with Crippen LogP contribution in [0.1, 0.15) is 48.2 Å². The Bertz CT molecular complexity index is 1150. The van der Waals surface area contributed by atoms with Crippen molar-refractivity contribution in [1.29, 1.82) is 0 Å². The minimum Gasteiger partial charge on any atom is -0.478 e. The molecule has 1 aromatic heterocycles. The number of oxazole rings is 1. The molecule has 2 aromatic carbocycles. The minimum atomic E-state index is -4.05. The van der Waals surface area contributed by atoms with Crippen molar-refractivity contribution in [2.24, 2.45) is 0 Å². The topological polar surface area (TPSA) is 101 Å². The molecule has 3 rings (SSSR count). The Labute approximate surface area is 163 Å². The number of aromatic nitrogens is 1. The second-order valence-corrected chi connectivity index (χ2v) is 8.71. The van der Waals surface area contributed by atoms with Gasteiger partial charge in [0.2, 0.25) is 0 Å². The lowest BCUT2D eigenvalue weighted by molar-refractivity contribution is 0.0695. The number of fused-ring (bicyclic) bond motifs is 1. The highest BCUT2D eigenvalue weighted by Crippen LogP contribution is 2.29. The molecule has 0 atom stereocenters. The number of carboxylic acids is 1. The quantitative estimate of drug-likeness (QED) is 0.664. The number of carbonyl (C=O) groups is 1. The summed E-state index contributed by atoms with van der Waals surface area (Å²) >= 11 is 0. The molecule has 1 heterocycles. The number of aryl methyl sites for hydroxylation is 1. The minimum absolute atomic E-state index is 0.0275. The summed E-state index contributed by atoms with van der Waals surface area (Å²) in [7, 11) is -4.05. The number of hydrogen-bond donors (Lipinski definition) is 1. The SMILES string of the molecule is CCN(c1nc2cc(C)ccc2o1)S(=O)(=O)c1ccc(C(C)C)c(C(=O)O)c1. The van der Waals surface area contributed by atoms with Gasteiger partial charge in [0.15, 0.2) is 5.58 Å². The third-order valence-corrected chi connectivity index (χ3v) is 6.34. The fourth-order valence-electron chi connectivity index (χ4n) is 3.05. The van der Waals surface area contributed by atoms with E-state index in [1.165, 1.54) is 12.1 Å². The molecular weight excluding hydrogens is 380 g/mol. The standard InChI is InChI=1S/C20H22N2O5S/c1-5-22(20-21-17-10-13(4)6-9-18(17)27-20)28(25,26)14-7-8-15(12(2)3)16(11-14)19(23)24/h6-12H,5H2,1-4H3,(H,23,24). The third-order valence-electron chi connectivity index (χ3n) is 4.50. The molecule has 0 unspecified atom stereocenters. The normalized spacial score (nSPS) is 11.9. The predicted octanol–water partition coefficient (Wildman–Crippen LogP) is 4.17. The van der Waals surface area contributed by atoms with Crippen LogP contribution in [0, 0.1) is 6.92 Å². The van der Waals surface area contributed by atoms with Crippen molar-refractivity contribution in [2.45, 2.75) is 38.5 Å². The van der Waals surface area contributed by atoms with E-state index in [1.54, 1.807) is 19.1 Å². The molecular formula is C20H22N2O5S. The molecule has 7 nitrogen and oxygen atoms in total. The smallest absolute Gasteiger partial charge is 0.336 e. The third kappa shape index (κ3) is 3.47. The van der Waals surface area contributed by atoms with Crippen LogP contribution in [0.4, 0.5) is 6.01 Å². The molecule has 0 radical (unpaired) electrons. The highest BCUT2D eigenvalue weighted by Gasteiger charge is 2.29. The highest BCUT2D eigenvalue weighted by atomic mass is 32.2. The van der Waals surface area contributed by atoms with Crippen LogP contribution in [0.2, 0.25) is 0 Å². The van der Waals surface area contributed by atoms with E-state index in [-0.39, 0.29) is 28.9 Å². The number of nitrogens with zero attached hydrogens (tertiary/aromatic N) is 2. The summed E-state index contributed by atoms with van der Waals surface area (Å²) < 4.78 is 33.1. The van der Waals surface area contributed by atoms with Crippen LogP contribution in [0.5, 0.6) is 0 Å². The van der Waals surface area contributed by atoms with E-state index < -0.39 is 16.0 Å². The van der Waals surface area contributed by atoms with Crippen molar-refractivity contribution in [3.05, 3.63) is 53.1 Å². The summed E-state index contributed by atoms with van der Waals surface area (Å²) in [6.07, 6.45) is 0. The number of hydrogen-bond acceptors (Lipinski definition) is 5. The number of aromatic carboxylic acids is 1. The summed E-state index contributed by atoms with van der Waals surface area (Å²) in [5, 5.41) is 9.50. The van der Waals surface area contributed by atoms with E-state index in [2.05, 4.69) is 4.98 Å². The molecule has 0 saturated heterocycles. The molecule has 0 aliphatic rings. The Balaban J connectivity index is 2.11. The van der Waals surface area contributed by atoms with E-state index in [1.807, 2.05) is 32.9 Å². The van der Waals surface area contributed by atoms with E-state index in [9.17, 15) is 18.3 Å². The summed E-state index contributed by atoms with van der Waals surface area (Å²) in [6.45, 7) is 7.37. The molecule has 8 heteroatoms. The largest absolute Gasteiger partial charge is 0.478 e. The Kier molecular flexibility index (Phi) is 5.16. The van der Waals surface area contributed by atoms with Gasteiger partial charge in [-0.25, -0.2) is 17.5 Å². The van der Waals surface area contributed by atoms with Gasteiger partial charge in [0, 0.05) is 6.54 Å². The van der Waals surface area contributed by atoms with E-state index >= 15 is 0 Å². The van der Waals surface area contributed by atoms with Gasteiger partial charge in [-0.1, -0.05) is 26.0 Å². The van der Waals surface area contributed by atoms with Crippen LogP contribution in [-0.2, 0) is 10.0 Å². The molecule has 0 aliphatic carbocycles. The van der Waals surface area contributed by atoms with Gasteiger partial charge >= 0.3 is 12.0 Å². The Morgan fingerprint density at radius 3 is 2.54 bits per heavy atom. The monoisotopic (exact) mass is 402 g/mol. The van der Waals surface area contributed by atoms with Crippen molar-refractivity contribution in [2.75, 3.05) is 10.8 Å². The van der Waals surface area contributed by atoms with Gasteiger partial charge in [-0.15, -0.1) is 0 Å². The van der Waals surface area contributed by atoms with Gasteiger partial charge in [-0.3, -0.25) is 0 Å². The van der Waals surface area contributed by atoms with Crippen molar-refractivity contribution >= 4 is 33.1 Å². The van der Waals surface area contributed by atoms with Crippen molar-refractivity contribution in [1.82, 2.24) is 4.98 Å². The van der Waals surface area contributed by atoms with E-state index in [4.69, 9.17) is 4.42 Å². The second-order valence-electron chi connectivity index (χ2n) is 6.85. The van der Waals surface area contributed by atoms with Gasteiger partial charge < -0.3 is 9.52 Å². The fourth-order valence-corrected chi connectivity index (χ4v) is 4.44. The van der Waals surface area contributed by atoms with Crippen LogP contribution in [0.15, 0.2) is 45.7 Å². The maximum atomic E-state index is 13.2.